The third kappa shape index (κ3) is 13.5. The molecule has 0 aromatic carbocycles. The molecule has 0 aromatic rings. The molecule has 236 valence electrons. The van der Waals surface area contributed by atoms with Gasteiger partial charge in [0.05, 0.1) is 0 Å². The van der Waals surface area contributed by atoms with E-state index in [9.17, 15) is 39.5 Å². The summed E-state index contributed by atoms with van der Waals surface area (Å²) >= 11 is -8.97. The Morgan fingerprint density at radius 1 is 0.410 bits per heavy atom. The molecule has 1 nitrogen and oxygen atoms in total. The Morgan fingerprint density at radius 3 is 0.974 bits per heavy atom. The van der Waals surface area contributed by atoms with E-state index in [0.29, 0.717) is 12.8 Å². The number of hydrogen-bond acceptors (Lipinski definition) is 1. The van der Waals surface area contributed by atoms with Crippen LogP contribution in [0.4, 0.5) is 65.9 Å². The van der Waals surface area contributed by atoms with Crippen LogP contribution in [-0.2, 0) is 3.07 Å². The molecule has 0 fully saturated rings. The second-order valence-electron chi connectivity index (χ2n) is 9.46. The number of rotatable bonds is 19. The number of unbranched alkanes of at least 4 members (excludes halogenated alkanes) is 7. The molecular weight excluding hydrogens is 684 g/mol. The molecule has 0 bridgehead atoms. The Balaban J connectivity index is 6.36. The van der Waals surface area contributed by atoms with Gasteiger partial charge in [-0.05, 0) is 0 Å². The van der Waals surface area contributed by atoms with Crippen molar-refractivity contribution >= 4 is 18.8 Å². The van der Waals surface area contributed by atoms with Crippen LogP contribution < -0.4 is 0 Å². The second-order valence-corrected chi connectivity index (χ2v) is 20.4. The van der Waals surface area contributed by atoms with E-state index >= 15 is 26.3 Å². The van der Waals surface area contributed by atoms with Gasteiger partial charge < -0.3 is 0 Å². The van der Waals surface area contributed by atoms with Crippen molar-refractivity contribution in [1.82, 2.24) is 0 Å². The minimum atomic E-state index is -8.97. The summed E-state index contributed by atoms with van der Waals surface area (Å²) in [6, 6.07) is 0. The Hall–Kier alpha value is -0.291. The fourth-order valence-corrected chi connectivity index (χ4v) is 15.8. The van der Waals surface area contributed by atoms with Crippen molar-refractivity contribution in [3.05, 3.63) is 0 Å². The third-order valence-electron chi connectivity index (χ3n) is 6.03. The molecule has 0 heterocycles. The average Bonchev–Trinajstić information content (AvgIpc) is 2.75. The molecule has 0 aliphatic rings. The topological polar surface area (TPSA) is 9.23 Å². The zero-order valence-corrected chi connectivity index (χ0v) is 24.0. The third-order valence-corrected chi connectivity index (χ3v) is 18.8. The molecule has 0 aliphatic heterocycles. The van der Waals surface area contributed by atoms with Crippen LogP contribution >= 0.6 is 0 Å². The molecule has 0 aliphatic carbocycles. The van der Waals surface area contributed by atoms with E-state index in [1.807, 2.05) is 6.92 Å². The van der Waals surface area contributed by atoms with Gasteiger partial charge in [0.1, 0.15) is 0 Å². The molecule has 0 spiro atoms. The van der Waals surface area contributed by atoms with E-state index in [-0.39, 0.29) is 6.42 Å². The van der Waals surface area contributed by atoms with Crippen LogP contribution in [0.15, 0.2) is 0 Å². The Kier molecular flexibility index (Phi) is 15.1. The SMILES string of the molecule is CCCCCCCCCC[O][Sn]([C](F)(F)CCC(F)(F)F)([C](F)(F)CCC(F)(F)F)[C](F)(F)CCC(F)(F)F. The minimum absolute atomic E-state index is 0.0600. The normalized spacial score (nSPS) is 14.8. The molecule has 0 amide bonds. The summed E-state index contributed by atoms with van der Waals surface area (Å²) in [6.07, 6.45) is -28.2. The molecule has 17 heteroatoms. The maximum absolute atomic E-state index is 15.2. The molecule has 0 rings (SSSR count). The fraction of sp³-hybridized carbons (Fsp3) is 1.00. The summed E-state index contributed by atoms with van der Waals surface area (Å²) in [7, 11) is 0. The summed E-state index contributed by atoms with van der Waals surface area (Å²) in [6.45, 7) is 0.644. The van der Waals surface area contributed by atoms with Gasteiger partial charge in [-0.1, -0.05) is 0 Å². The first-order chi connectivity index (χ1) is 17.4. The van der Waals surface area contributed by atoms with Gasteiger partial charge in [-0.25, -0.2) is 0 Å². The van der Waals surface area contributed by atoms with Crippen molar-refractivity contribution in [2.24, 2.45) is 0 Å². The quantitative estimate of drug-likeness (QED) is 0.0735. The van der Waals surface area contributed by atoms with Crippen molar-refractivity contribution in [3.63, 3.8) is 0 Å². The number of hydrogen-bond donors (Lipinski definition) is 0. The first-order valence-corrected chi connectivity index (χ1v) is 17.9. The van der Waals surface area contributed by atoms with Crippen LogP contribution in [0, 0.1) is 0 Å². The van der Waals surface area contributed by atoms with Gasteiger partial charge in [0.2, 0.25) is 0 Å². The first kappa shape index (κ1) is 38.7. The van der Waals surface area contributed by atoms with Crippen molar-refractivity contribution in [2.75, 3.05) is 6.61 Å². The second kappa shape index (κ2) is 15.3. The van der Waals surface area contributed by atoms with Crippen LogP contribution in [0.3, 0.4) is 0 Å². The van der Waals surface area contributed by atoms with Gasteiger partial charge in [0, 0.05) is 0 Å². The standard InChI is InChI=1S/C10H21O.3C4H4F5.Sn/c1-2-3-4-5-6-7-8-9-10-11;3*5-3(6)1-2-4(7,8)9;/h2-10H2,1H3;3*1-2H2;/q-1;;;;+1. The van der Waals surface area contributed by atoms with Crippen LogP contribution in [0.5, 0.6) is 0 Å². The number of halogens is 15. The monoisotopic (exact) mass is 718 g/mol. The van der Waals surface area contributed by atoms with Crippen molar-refractivity contribution in [3.8, 4) is 0 Å². The van der Waals surface area contributed by atoms with E-state index in [0.717, 1.165) is 25.7 Å². The molecule has 0 aromatic heterocycles. The van der Waals surface area contributed by atoms with E-state index in [2.05, 4.69) is 3.07 Å². The van der Waals surface area contributed by atoms with Gasteiger partial charge in [0.15, 0.2) is 0 Å². The Bertz CT molecular complexity index is 612. The van der Waals surface area contributed by atoms with E-state index < -0.39 is 101 Å². The van der Waals surface area contributed by atoms with Crippen molar-refractivity contribution in [2.45, 2.75) is 127 Å². The summed E-state index contributed by atoms with van der Waals surface area (Å²) < 4.78 is 192. The van der Waals surface area contributed by atoms with Gasteiger partial charge >= 0.3 is 221 Å². The predicted molar refractivity (Wildman–Crippen MR) is 115 cm³/mol. The molecule has 0 unspecified atom stereocenters. The molecule has 39 heavy (non-hydrogen) atoms. The predicted octanol–water partition coefficient (Wildman–Crippen LogP) is 10.6. The van der Waals surface area contributed by atoms with Crippen LogP contribution in [0.25, 0.3) is 0 Å². The molecule has 0 atom stereocenters. The molecule has 0 radical (unpaired) electrons. The van der Waals surface area contributed by atoms with E-state index in [1.165, 1.54) is 0 Å². The molecule has 0 saturated carbocycles. The van der Waals surface area contributed by atoms with Crippen LogP contribution in [0.2, 0.25) is 0 Å². The summed E-state index contributed by atoms with van der Waals surface area (Å²) in [5, 5.41) is 0. The first-order valence-electron chi connectivity index (χ1n) is 12.4. The van der Waals surface area contributed by atoms with Crippen LogP contribution in [0.1, 0.15) is 96.8 Å². The summed E-state index contributed by atoms with van der Waals surface area (Å²) in [5.74, 6) is 0. The Labute approximate surface area is 221 Å². The van der Waals surface area contributed by atoms with E-state index in [1.54, 1.807) is 0 Å². The van der Waals surface area contributed by atoms with Gasteiger partial charge in [0.25, 0.3) is 0 Å². The zero-order chi connectivity index (χ0) is 30.8. The number of alkyl halides is 15. The summed E-state index contributed by atoms with van der Waals surface area (Å²) in [4.78, 5) is 0. The van der Waals surface area contributed by atoms with Gasteiger partial charge in [-0.2, -0.15) is 0 Å². The van der Waals surface area contributed by atoms with Gasteiger partial charge in [-0.15, -0.1) is 0 Å². The molecule has 0 N–H and O–H groups in total. The fourth-order valence-electron chi connectivity index (χ4n) is 4.00. The molecule has 0 saturated heterocycles. The Morgan fingerprint density at radius 2 is 0.692 bits per heavy atom. The average molecular weight is 717 g/mol. The van der Waals surface area contributed by atoms with Crippen molar-refractivity contribution < 1.29 is 68.9 Å². The van der Waals surface area contributed by atoms with Crippen molar-refractivity contribution in [1.29, 1.82) is 0 Å². The van der Waals surface area contributed by atoms with Gasteiger partial charge in [-0.3, -0.25) is 0 Å². The maximum atomic E-state index is 15.2. The van der Waals surface area contributed by atoms with Crippen LogP contribution in [-0.4, -0.2) is 55.7 Å². The molecular formula is C22H33F15OSn. The zero-order valence-electron chi connectivity index (χ0n) is 21.2. The summed E-state index contributed by atoms with van der Waals surface area (Å²) in [5.41, 5.74) is 0. The van der Waals surface area contributed by atoms with E-state index in [4.69, 9.17) is 0 Å².